The summed E-state index contributed by atoms with van der Waals surface area (Å²) in [6.07, 6.45) is 26.7. The smallest absolute Gasteiger partial charge is 0.247 e. The lowest BCUT2D eigenvalue weighted by Crippen LogP contribution is -2.41. The Balaban J connectivity index is 2.39. The highest BCUT2D eigenvalue weighted by atomic mass is 15.1. The highest BCUT2D eigenvalue weighted by Gasteiger charge is 2.27. The summed E-state index contributed by atoms with van der Waals surface area (Å²) in [5.41, 5.74) is 0. The van der Waals surface area contributed by atoms with Gasteiger partial charge in [-0.2, -0.15) is 0 Å². The summed E-state index contributed by atoms with van der Waals surface area (Å²) in [4.78, 5) is 3.62. The van der Waals surface area contributed by atoms with Crippen molar-refractivity contribution >= 4 is 0 Å². The quantitative estimate of drug-likeness (QED) is 0.175. The fraction of sp³-hybridized carbons (Fsp3) is 0.889. The maximum absolute atomic E-state index is 3.62. The second-order valence-corrected chi connectivity index (χ2v) is 9.77. The zero-order chi connectivity index (χ0) is 21.3. The summed E-state index contributed by atoms with van der Waals surface area (Å²) >= 11 is 0. The minimum absolute atomic E-state index is 0.613. The van der Waals surface area contributed by atoms with Crippen LogP contribution in [-0.2, 0) is 0 Å². The van der Waals surface area contributed by atoms with E-state index in [0.717, 1.165) is 0 Å². The molecule has 1 N–H and O–H groups in total. The van der Waals surface area contributed by atoms with Gasteiger partial charge >= 0.3 is 0 Å². The van der Waals surface area contributed by atoms with Gasteiger partial charge in [-0.05, 0) is 32.1 Å². The summed E-state index contributed by atoms with van der Waals surface area (Å²) in [6.45, 7) is 11.8. The number of imidazole rings is 1. The number of hydrogen-bond acceptors (Lipinski definition) is 0. The van der Waals surface area contributed by atoms with Crippen LogP contribution in [0.25, 0.3) is 0 Å². The largest absolute Gasteiger partial charge is 0.257 e. The number of hydrogen-bond donors (Lipinski definition) is 1. The van der Waals surface area contributed by atoms with Gasteiger partial charge in [0.25, 0.3) is 5.82 Å². The normalized spacial score (nSPS) is 13.9. The van der Waals surface area contributed by atoms with Crippen LogP contribution in [-0.4, -0.2) is 4.98 Å². The first-order valence-electron chi connectivity index (χ1n) is 13.2. The standard InChI is InChI=1S/C27H52N2/c1-6-8-10-12-13-14-15-17-19-21-26(24(3)4)27-28-22-23-29(27)25(5)20-18-16-11-9-7-2/h22-26H,6-21H2,1-5H3/p+1. The van der Waals surface area contributed by atoms with E-state index in [-0.39, 0.29) is 0 Å². The number of H-pyrrole nitrogens is 1. The van der Waals surface area contributed by atoms with Gasteiger partial charge in [-0.1, -0.05) is 111 Å². The van der Waals surface area contributed by atoms with E-state index in [1.54, 1.807) is 0 Å². The first kappa shape index (κ1) is 26.2. The second kappa shape index (κ2) is 16.9. The molecule has 0 aliphatic carbocycles. The Bertz CT molecular complexity index is 477. The van der Waals surface area contributed by atoms with Gasteiger partial charge in [-0.25, -0.2) is 9.55 Å². The summed E-state index contributed by atoms with van der Waals surface area (Å²) in [7, 11) is 0. The molecule has 2 heteroatoms. The van der Waals surface area contributed by atoms with Gasteiger partial charge in [0.15, 0.2) is 0 Å². The van der Waals surface area contributed by atoms with E-state index in [4.69, 9.17) is 0 Å². The van der Waals surface area contributed by atoms with Gasteiger partial charge < -0.3 is 0 Å². The molecule has 0 spiro atoms. The molecule has 2 atom stereocenters. The van der Waals surface area contributed by atoms with Gasteiger partial charge in [0.2, 0.25) is 0 Å². The van der Waals surface area contributed by atoms with E-state index in [9.17, 15) is 0 Å². The molecule has 0 radical (unpaired) electrons. The predicted octanol–water partition coefficient (Wildman–Crippen LogP) is 8.88. The van der Waals surface area contributed by atoms with Crippen LogP contribution in [0.1, 0.15) is 155 Å². The van der Waals surface area contributed by atoms with Crippen LogP contribution in [0.2, 0.25) is 0 Å². The molecule has 0 bridgehead atoms. The fourth-order valence-corrected chi connectivity index (χ4v) is 4.68. The van der Waals surface area contributed by atoms with Gasteiger partial charge in [0, 0.05) is 0 Å². The van der Waals surface area contributed by atoms with E-state index in [1.807, 2.05) is 0 Å². The average Bonchev–Trinajstić information content (AvgIpc) is 3.18. The number of aromatic nitrogens is 2. The van der Waals surface area contributed by atoms with Crippen molar-refractivity contribution in [2.45, 2.75) is 149 Å². The predicted molar refractivity (Wildman–Crippen MR) is 128 cm³/mol. The van der Waals surface area contributed by atoms with Crippen LogP contribution in [0.4, 0.5) is 0 Å². The summed E-state index contributed by atoms with van der Waals surface area (Å²) in [5, 5.41) is 0. The molecular weight excluding hydrogens is 352 g/mol. The maximum Gasteiger partial charge on any atom is 0.257 e. The molecule has 0 aliphatic rings. The molecule has 1 rings (SSSR count). The Morgan fingerprint density at radius 3 is 1.69 bits per heavy atom. The molecule has 0 saturated heterocycles. The molecule has 0 aliphatic heterocycles. The van der Waals surface area contributed by atoms with Crippen molar-refractivity contribution < 1.29 is 4.57 Å². The Morgan fingerprint density at radius 2 is 1.17 bits per heavy atom. The topological polar surface area (TPSA) is 19.7 Å². The molecule has 2 unspecified atom stereocenters. The van der Waals surface area contributed by atoms with Crippen LogP contribution in [0, 0.1) is 5.92 Å². The molecular formula is C27H53N2+. The highest BCUT2D eigenvalue weighted by Crippen LogP contribution is 2.28. The van der Waals surface area contributed by atoms with E-state index < -0.39 is 0 Å². The zero-order valence-corrected chi connectivity index (χ0v) is 20.6. The monoisotopic (exact) mass is 405 g/mol. The molecule has 0 fully saturated rings. The lowest BCUT2D eigenvalue weighted by Gasteiger charge is -2.20. The Labute approximate surface area is 183 Å². The first-order valence-corrected chi connectivity index (χ1v) is 13.2. The Morgan fingerprint density at radius 1 is 0.690 bits per heavy atom. The van der Waals surface area contributed by atoms with Gasteiger partial charge in [-0.15, -0.1) is 0 Å². The number of nitrogens with one attached hydrogen (secondary N) is 1. The molecule has 1 heterocycles. The van der Waals surface area contributed by atoms with Crippen LogP contribution >= 0.6 is 0 Å². The third-order valence-electron chi connectivity index (χ3n) is 6.72. The molecule has 0 amide bonds. The van der Waals surface area contributed by atoms with Crippen LogP contribution in [0.15, 0.2) is 12.4 Å². The van der Waals surface area contributed by atoms with E-state index in [1.165, 1.54) is 109 Å². The molecule has 0 saturated carbocycles. The third kappa shape index (κ3) is 11.2. The van der Waals surface area contributed by atoms with Gasteiger partial charge in [-0.3, -0.25) is 0 Å². The minimum Gasteiger partial charge on any atom is -0.247 e. The van der Waals surface area contributed by atoms with E-state index >= 15 is 0 Å². The number of rotatable bonds is 19. The van der Waals surface area contributed by atoms with Crippen molar-refractivity contribution in [3.05, 3.63) is 18.2 Å². The second-order valence-electron chi connectivity index (χ2n) is 9.77. The highest BCUT2D eigenvalue weighted by molar-refractivity contribution is 4.92. The van der Waals surface area contributed by atoms with E-state index in [0.29, 0.717) is 17.9 Å². The fourth-order valence-electron chi connectivity index (χ4n) is 4.68. The van der Waals surface area contributed by atoms with Crippen molar-refractivity contribution in [1.82, 2.24) is 4.98 Å². The van der Waals surface area contributed by atoms with Crippen LogP contribution in [0.3, 0.4) is 0 Å². The molecule has 1 aromatic rings. The van der Waals surface area contributed by atoms with Crippen molar-refractivity contribution in [2.75, 3.05) is 0 Å². The van der Waals surface area contributed by atoms with Gasteiger partial charge in [0.1, 0.15) is 12.4 Å². The summed E-state index contributed by atoms with van der Waals surface area (Å²) < 4.78 is 2.55. The zero-order valence-electron chi connectivity index (χ0n) is 20.6. The molecule has 0 aromatic carbocycles. The van der Waals surface area contributed by atoms with E-state index in [2.05, 4.69) is 56.6 Å². The lowest BCUT2D eigenvalue weighted by atomic mass is 9.89. The van der Waals surface area contributed by atoms with Crippen molar-refractivity contribution in [3.63, 3.8) is 0 Å². The molecule has 1 aromatic heterocycles. The van der Waals surface area contributed by atoms with Crippen LogP contribution < -0.4 is 4.57 Å². The Hall–Kier alpha value is -0.790. The summed E-state index contributed by atoms with van der Waals surface area (Å²) in [5.74, 6) is 2.84. The third-order valence-corrected chi connectivity index (χ3v) is 6.72. The Kier molecular flexibility index (Phi) is 15.3. The maximum atomic E-state index is 3.62. The lowest BCUT2D eigenvalue weighted by molar-refractivity contribution is -0.727. The molecule has 29 heavy (non-hydrogen) atoms. The van der Waals surface area contributed by atoms with Gasteiger partial charge in [0.05, 0.1) is 12.0 Å². The SMILES string of the molecule is CCCCCCCCCCCC(c1[nH]cc[n+]1C(C)CCCCCCC)C(C)C. The molecule has 170 valence electrons. The number of aromatic amines is 1. The first-order chi connectivity index (χ1) is 14.1. The van der Waals surface area contributed by atoms with Crippen molar-refractivity contribution in [1.29, 1.82) is 0 Å². The van der Waals surface area contributed by atoms with Crippen molar-refractivity contribution in [2.24, 2.45) is 5.92 Å². The summed E-state index contributed by atoms with van der Waals surface area (Å²) in [6, 6.07) is 0.613. The van der Waals surface area contributed by atoms with Crippen molar-refractivity contribution in [3.8, 4) is 0 Å². The van der Waals surface area contributed by atoms with Crippen LogP contribution in [0.5, 0.6) is 0 Å². The molecule has 2 nitrogen and oxygen atoms in total. The number of unbranched alkanes of at least 4 members (excludes halogenated alkanes) is 12. The average molecular weight is 406 g/mol. The number of nitrogens with zero attached hydrogens (tertiary/aromatic N) is 1. The minimum atomic E-state index is 0.613.